The van der Waals surface area contributed by atoms with Gasteiger partial charge in [0.2, 0.25) is 5.91 Å². The first-order valence-electron chi connectivity index (χ1n) is 11.4. The van der Waals surface area contributed by atoms with Crippen LogP contribution in [0.3, 0.4) is 0 Å². The summed E-state index contributed by atoms with van der Waals surface area (Å²) in [6, 6.07) is 17.5. The Bertz CT molecular complexity index is 1360. The van der Waals surface area contributed by atoms with Crippen LogP contribution in [0, 0.1) is 0 Å². The van der Waals surface area contributed by atoms with E-state index < -0.39 is 11.3 Å². The van der Waals surface area contributed by atoms with Crippen molar-refractivity contribution in [2.75, 3.05) is 31.2 Å². The van der Waals surface area contributed by atoms with Crippen LogP contribution >= 0.6 is 11.6 Å². The number of rotatable bonds is 6. The number of nitrogens with two attached hydrogens (primary N) is 1. The lowest BCUT2D eigenvalue weighted by atomic mass is 9.84. The summed E-state index contributed by atoms with van der Waals surface area (Å²) >= 11 is 6.57. The number of carbonyl (C=O) groups excluding carboxylic acids is 1. The Morgan fingerprint density at radius 3 is 2.43 bits per heavy atom. The van der Waals surface area contributed by atoms with Gasteiger partial charge in [0.25, 0.3) is 0 Å². The van der Waals surface area contributed by atoms with Gasteiger partial charge in [0.05, 0.1) is 34.9 Å². The molecular formula is C26H26ClN5O3. The van der Waals surface area contributed by atoms with Crippen LogP contribution in [0.15, 0.2) is 54.6 Å². The van der Waals surface area contributed by atoms with Crippen LogP contribution in [0.5, 0.6) is 11.8 Å². The van der Waals surface area contributed by atoms with E-state index in [1.54, 1.807) is 32.0 Å². The first-order valence-corrected chi connectivity index (χ1v) is 11.8. The summed E-state index contributed by atoms with van der Waals surface area (Å²) in [5.41, 5.74) is 9.43. The third-order valence-electron chi connectivity index (χ3n) is 6.33. The number of pyridine rings is 1. The van der Waals surface area contributed by atoms with Crippen molar-refractivity contribution in [3.63, 3.8) is 0 Å². The standard InChI is InChI=1S/C26H26ClN5O3/c1-26(2,24(28)33)17-5-9-19(10-6-17)35-25-29-21-15-20(27)22(30-23(21)31-25)16-3-7-18(8-4-16)32-11-13-34-14-12-32/h3-10,15H,11-14H2,1-2H3,(H2,28,33)(H,29,30,31). The third kappa shape index (κ3) is 4.67. The normalized spacial score (nSPS) is 14.3. The lowest BCUT2D eigenvalue weighted by Crippen LogP contribution is -2.36. The highest BCUT2D eigenvalue weighted by Gasteiger charge is 2.27. The second-order valence-corrected chi connectivity index (χ2v) is 9.40. The number of ether oxygens (including phenoxy) is 2. The molecular weight excluding hydrogens is 466 g/mol. The van der Waals surface area contributed by atoms with Gasteiger partial charge < -0.3 is 25.1 Å². The Hall–Kier alpha value is -3.62. The molecule has 8 nitrogen and oxygen atoms in total. The second-order valence-electron chi connectivity index (χ2n) is 8.99. The summed E-state index contributed by atoms with van der Waals surface area (Å²) in [5.74, 6) is 0.177. The maximum Gasteiger partial charge on any atom is 0.301 e. The molecule has 1 aliphatic heterocycles. The fraction of sp³-hybridized carbons (Fsp3) is 0.269. The average Bonchev–Trinajstić information content (AvgIpc) is 3.25. The Morgan fingerprint density at radius 1 is 1.09 bits per heavy atom. The van der Waals surface area contributed by atoms with Crippen molar-refractivity contribution in [2.45, 2.75) is 19.3 Å². The van der Waals surface area contributed by atoms with Crippen molar-refractivity contribution >= 4 is 34.4 Å². The van der Waals surface area contributed by atoms with Crippen LogP contribution < -0.4 is 15.4 Å². The Balaban J connectivity index is 1.36. The Kier molecular flexibility index (Phi) is 6.08. The van der Waals surface area contributed by atoms with Crippen molar-refractivity contribution in [3.05, 3.63) is 65.2 Å². The predicted octanol–water partition coefficient (Wildman–Crippen LogP) is 4.67. The van der Waals surface area contributed by atoms with Crippen molar-refractivity contribution in [1.82, 2.24) is 15.0 Å². The van der Waals surface area contributed by atoms with E-state index in [4.69, 9.17) is 26.8 Å². The fourth-order valence-electron chi connectivity index (χ4n) is 3.99. The smallest absolute Gasteiger partial charge is 0.301 e. The summed E-state index contributed by atoms with van der Waals surface area (Å²) in [5, 5.41) is 0.518. The molecule has 2 aromatic heterocycles. The van der Waals surface area contributed by atoms with E-state index in [2.05, 4.69) is 32.0 Å². The molecule has 35 heavy (non-hydrogen) atoms. The summed E-state index contributed by atoms with van der Waals surface area (Å²) in [7, 11) is 0. The van der Waals surface area contributed by atoms with Gasteiger partial charge in [-0.3, -0.25) is 4.79 Å². The van der Waals surface area contributed by atoms with Crippen LogP contribution in [0.25, 0.3) is 22.4 Å². The highest BCUT2D eigenvalue weighted by atomic mass is 35.5. The molecule has 0 spiro atoms. The van der Waals surface area contributed by atoms with Crippen molar-refractivity contribution in [3.8, 4) is 23.0 Å². The van der Waals surface area contributed by atoms with Gasteiger partial charge >= 0.3 is 6.01 Å². The lowest BCUT2D eigenvalue weighted by molar-refractivity contribution is -0.122. The first kappa shape index (κ1) is 23.1. The molecule has 5 rings (SSSR count). The quantitative estimate of drug-likeness (QED) is 0.406. The van der Waals surface area contributed by atoms with E-state index in [9.17, 15) is 4.79 Å². The highest BCUT2D eigenvalue weighted by Crippen LogP contribution is 2.32. The number of nitrogens with zero attached hydrogens (tertiary/aromatic N) is 3. The van der Waals surface area contributed by atoms with Gasteiger partial charge in [0.15, 0.2) is 5.65 Å². The number of aromatic nitrogens is 3. The number of benzene rings is 2. The molecule has 1 fully saturated rings. The Labute approximate surface area is 208 Å². The van der Waals surface area contributed by atoms with Gasteiger partial charge in [-0.15, -0.1) is 0 Å². The molecule has 0 aliphatic carbocycles. The molecule has 1 aliphatic rings. The molecule has 2 aromatic carbocycles. The van der Waals surface area contributed by atoms with Crippen LogP contribution in [0.1, 0.15) is 19.4 Å². The zero-order chi connectivity index (χ0) is 24.6. The number of nitrogens with one attached hydrogen (secondary N) is 1. The monoisotopic (exact) mass is 491 g/mol. The number of amides is 1. The van der Waals surface area contributed by atoms with Crippen LogP contribution in [0.2, 0.25) is 5.02 Å². The van der Waals surface area contributed by atoms with Gasteiger partial charge in [0.1, 0.15) is 5.75 Å². The number of aromatic amines is 1. The molecule has 1 amide bonds. The lowest BCUT2D eigenvalue weighted by Gasteiger charge is -2.28. The molecule has 3 heterocycles. The van der Waals surface area contributed by atoms with Gasteiger partial charge in [-0.25, -0.2) is 4.98 Å². The predicted molar refractivity (Wildman–Crippen MR) is 136 cm³/mol. The summed E-state index contributed by atoms with van der Waals surface area (Å²) in [6.45, 7) is 6.81. The molecule has 0 radical (unpaired) electrons. The van der Waals surface area contributed by atoms with Crippen LogP contribution in [-0.4, -0.2) is 47.2 Å². The van der Waals surface area contributed by atoms with E-state index in [1.807, 2.05) is 24.3 Å². The maximum absolute atomic E-state index is 11.7. The minimum Gasteiger partial charge on any atom is -0.426 e. The third-order valence-corrected chi connectivity index (χ3v) is 6.62. The average molecular weight is 492 g/mol. The van der Waals surface area contributed by atoms with E-state index in [-0.39, 0.29) is 0 Å². The number of anilines is 1. The summed E-state index contributed by atoms with van der Waals surface area (Å²) in [6.07, 6.45) is 0. The number of morpholine rings is 1. The number of fused-ring (bicyclic) bond motifs is 1. The molecule has 9 heteroatoms. The van der Waals surface area contributed by atoms with Crippen molar-refractivity contribution < 1.29 is 14.3 Å². The Morgan fingerprint density at radius 2 is 1.77 bits per heavy atom. The van der Waals surface area contributed by atoms with Gasteiger partial charge in [-0.2, -0.15) is 4.98 Å². The van der Waals surface area contributed by atoms with Crippen LogP contribution in [0.4, 0.5) is 5.69 Å². The van der Waals surface area contributed by atoms with Gasteiger partial charge in [0, 0.05) is 24.3 Å². The number of H-pyrrole nitrogens is 1. The number of halogens is 1. The zero-order valence-corrected chi connectivity index (χ0v) is 20.3. The van der Waals surface area contributed by atoms with E-state index >= 15 is 0 Å². The van der Waals surface area contributed by atoms with Gasteiger partial charge in [-0.05, 0) is 49.7 Å². The molecule has 0 saturated carbocycles. The molecule has 3 N–H and O–H groups in total. The number of hydrogen-bond donors (Lipinski definition) is 2. The number of primary amides is 1. The zero-order valence-electron chi connectivity index (χ0n) is 19.5. The van der Waals surface area contributed by atoms with E-state index in [1.165, 1.54) is 0 Å². The van der Waals surface area contributed by atoms with Gasteiger partial charge in [-0.1, -0.05) is 35.9 Å². The molecule has 4 aromatic rings. The largest absolute Gasteiger partial charge is 0.426 e. The number of carbonyl (C=O) groups is 1. The SMILES string of the molecule is CC(C)(C(N)=O)c1ccc(Oc2nc3nc(-c4ccc(N5CCOCC5)cc4)c(Cl)cc3[nH]2)cc1. The summed E-state index contributed by atoms with van der Waals surface area (Å²) < 4.78 is 11.3. The van der Waals surface area contributed by atoms with Crippen molar-refractivity contribution in [2.24, 2.45) is 5.73 Å². The van der Waals surface area contributed by atoms with E-state index in [0.717, 1.165) is 43.1 Å². The molecule has 180 valence electrons. The second kappa shape index (κ2) is 9.20. The maximum atomic E-state index is 11.7. The fourth-order valence-corrected chi connectivity index (χ4v) is 4.25. The van der Waals surface area contributed by atoms with E-state index in [0.29, 0.717) is 33.6 Å². The molecule has 1 saturated heterocycles. The molecule has 0 unspecified atom stereocenters. The molecule has 0 bridgehead atoms. The first-order chi connectivity index (χ1) is 16.8. The van der Waals surface area contributed by atoms with Crippen LogP contribution in [-0.2, 0) is 14.9 Å². The topological polar surface area (TPSA) is 106 Å². The number of hydrogen-bond acceptors (Lipinski definition) is 6. The highest BCUT2D eigenvalue weighted by molar-refractivity contribution is 6.33. The van der Waals surface area contributed by atoms with Crippen molar-refractivity contribution in [1.29, 1.82) is 0 Å². The minimum absolute atomic E-state index is 0.297. The summed E-state index contributed by atoms with van der Waals surface area (Å²) in [4.78, 5) is 26.3. The minimum atomic E-state index is -0.768. The number of imidazole rings is 1. The molecule has 0 atom stereocenters.